The third kappa shape index (κ3) is 8.26. The van der Waals surface area contributed by atoms with Gasteiger partial charge in [0.1, 0.15) is 11.5 Å². The summed E-state index contributed by atoms with van der Waals surface area (Å²) in [5.41, 5.74) is -0.944. The largest absolute Gasteiger partial charge is 0.457 e. The third-order valence-electron chi connectivity index (χ3n) is 4.95. The number of anilines is 1. The zero-order valence-electron chi connectivity index (χ0n) is 19.8. The van der Waals surface area contributed by atoms with Crippen LogP contribution in [0.15, 0.2) is 78.9 Å². The molecule has 0 aliphatic heterocycles. The Morgan fingerprint density at radius 2 is 1.41 bits per heavy atom. The Bertz CT molecular complexity index is 1120. The van der Waals surface area contributed by atoms with E-state index >= 15 is 0 Å². The van der Waals surface area contributed by atoms with Crippen molar-refractivity contribution in [1.82, 2.24) is 0 Å². The topological polar surface area (TPSA) is 32.7 Å². The van der Waals surface area contributed by atoms with Crippen molar-refractivity contribution in [1.29, 1.82) is 0 Å². The third-order valence-corrected chi connectivity index (χ3v) is 5.19. The van der Waals surface area contributed by atoms with Crippen molar-refractivity contribution in [3.05, 3.63) is 90.0 Å². The van der Waals surface area contributed by atoms with Crippen LogP contribution in [-0.2, 0) is 12.5 Å². The molecule has 0 saturated heterocycles. The second kappa shape index (κ2) is 12.5. The van der Waals surface area contributed by atoms with Crippen molar-refractivity contribution in [2.24, 2.45) is 0 Å². The first-order chi connectivity index (χ1) is 17.3. The van der Waals surface area contributed by atoms with Gasteiger partial charge in [0.05, 0.1) is 6.54 Å². The first kappa shape index (κ1) is 30.2. The van der Waals surface area contributed by atoms with E-state index in [1.807, 2.05) is 13.8 Å². The summed E-state index contributed by atoms with van der Waals surface area (Å²) in [6, 6.07) is 18.2. The Hall–Kier alpha value is -2.98. The Labute approximate surface area is 215 Å². The molecule has 37 heavy (non-hydrogen) atoms. The van der Waals surface area contributed by atoms with E-state index in [9.17, 15) is 35.8 Å². The summed E-state index contributed by atoms with van der Waals surface area (Å²) in [5.74, 6) is -3.99. The first-order valence-corrected chi connectivity index (χ1v) is 11.5. The van der Waals surface area contributed by atoms with Crippen LogP contribution in [-0.4, -0.2) is 29.3 Å². The molecule has 11 heteroatoms. The van der Waals surface area contributed by atoms with Gasteiger partial charge in [-0.15, -0.1) is 0 Å². The van der Waals surface area contributed by atoms with Crippen molar-refractivity contribution in [2.75, 3.05) is 11.4 Å². The van der Waals surface area contributed by atoms with E-state index in [-0.39, 0.29) is 17.0 Å². The zero-order valence-corrected chi connectivity index (χ0v) is 20.6. The molecular weight excluding hydrogens is 527 g/mol. The molecule has 3 aromatic carbocycles. The Kier molecular flexibility index (Phi) is 10.2. The van der Waals surface area contributed by atoms with Crippen LogP contribution in [0.1, 0.15) is 25.0 Å². The summed E-state index contributed by atoms with van der Waals surface area (Å²) in [4.78, 5) is 1.08. The quantitative estimate of drug-likeness (QED) is 0.214. The molecule has 0 aliphatic rings. The number of aliphatic hydroxyl groups is 1. The Morgan fingerprint density at radius 3 is 2.00 bits per heavy atom. The molecule has 0 fully saturated rings. The van der Waals surface area contributed by atoms with Crippen molar-refractivity contribution in [3.63, 3.8) is 0 Å². The molecule has 0 saturated carbocycles. The zero-order chi connectivity index (χ0) is 27.9. The van der Waals surface area contributed by atoms with Crippen molar-refractivity contribution < 1.29 is 40.6 Å². The number of hydrogen-bond acceptors (Lipinski definition) is 3. The molecule has 0 radical (unpaired) electrons. The molecule has 3 rings (SSSR count). The summed E-state index contributed by atoms with van der Waals surface area (Å²) in [6.45, 7) is 2.63. The molecule has 3 nitrogen and oxygen atoms in total. The lowest BCUT2D eigenvalue weighted by Crippen LogP contribution is -2.41. The van der Waals surface area contributed by atoms with Crippen LogP contribution in [0.25, 0.3) is 0 Å². The number of aliphatic hydroxyl groups excluding tert-OH is 1. The molecule has 0 heterocycles. The number of ether oxygens (including phenoxy) is 1. The molecule has 0 unspecified atom stereocenters. The summed E-state index contributed by atoms with van der Waals surface area (Å²) >= 11 is 4.55. The number of rotatable bonds is 9. The standard InChI is InChI=1S/C24H19ClF7NO2.C2H6/c25-24(31,32)22(26,27)17-7-4-6-16(12-17)14-33(15-21(34)23(28,29)30)18-8-5-11-20(13-18)35-19-9-2-1-3-10-19;1-2/h1-13,21,34H,14-15H2;1-2H3/t21-;/m1./s1. The molecule has 0 bridgehead atoms. The predicted molar refractivity (Wildman–Crippen MR) is 129 cm³/mol. The average Bonchev–Trinajstić information content (AvgIpc) is 2.84. The summed E-state index contributed by atoms with van der Waals surface area (Å²) in [6.07, 6.45) is -7.72. The fourth-order valence-corrected chi connectivity index (χ4v) is 3.30. The Morgan fingerprint density at radius 1 is 0.811 bits per heavy atom. The van der Waals surface area contributed by atoms with Crippen LogP contribution in [0.2, 0.25) is 0 Å². The van der Waals surface area contributed by atoms with E-state index < -0.39 is 42.2 Å². The van der Waals surface area contributed by atoms with Crippen molar-refractivity contribution >= 4 is 17.3 Å². The first-order valence-electron chi connectivity index (χ1n) is 11.1. The van der Waals surface area contributed by atoms with Gasteiger partial charge in [-0.25, -0.2) is 0 Å². The molecule has 1 atom stereocenters. The van der Waals surface area contributed by atoms with E-state index in [2.05, 4.69) is 11.6 Å². The van der Waals surface area contributed by atoms with Gasteiger partial charge < -0.3 is 14.7 Å². The van der Waals surface area contributed by atoms with Gasteiger partial charge in [0.15, 0.2) is 6.10 Å². The van der Waals surface area contributed by atoms with Crippen molar-refractivity contribution in [3.8, 4) is 11.5 Å². The maximum atomic E-state index is 14.0. The number of halogens is 8. The highest BCUT2D eigenvalue weighted by Gasteiger charge is 2.56. The molecule has 0 aliphatic carbocycles. The maximum absolute atomic E-state index is 14.0. The lowest BCUT2D eigenvalue weighted by molar-refractivity contribution is -0.200. The predicted octanol–water partition coefficient (Wildman–Crippen LogP) is 8.36. The fraction of sp³-hybridized carbons (Fsp3) is 0.308. The van der Waals surface area contributed by atoms with Crippen LogP contribution < -0.4 is 9.64 Å². The smallest absolute Gasteiger partial charge is 0.416 e. The van der Waals surface area contributed by atoms with Gasteiger partial charge in [0.2, 0.25) is 0 Å². The summed E-state index contributed by atoms with van der Waals surface area (Å²) in [5, 5.41) is 4.78. The summed E-state index contributed by atoms with van der Waals surface area (Å²) in [7, 11) is 0. The van der Waals surface area contributed by atoms with E-state index in [0.717, 1.165) is 23.1 Å². The second-order valence-electron chi connectivity index (χ2n) is 7.62. The highest BCUT2D eigenvalue weighted by molar-refractivity contribution is 6.22. The van der Waals surface area contributed by atoms with Gasteiger partial charge in [0.25, 0.3) is 0 Å². The van der Waals surface area contributed by atoms with Crippen LogP contribution in [0.3, 0.4) is 0 Å². The van der Waals surface area contributed by atoms with E-state index in [1.54, 1.807) is 36.4 Å². The van der Waals surface area contributed by atoms with Crippen LogP contribution in [0.5, 0.6) is 11.5 Å². The molecule has 3 aromatic rings. The van der Waals surface area contributed by atoms with Gasteiger partial charge >= 0.3 is 17.5 Å². The number of para-hydroxylation sites is 1. The Balaban J connectivity index is 0.00000235. The fourth-order valence-electron chi connectivity index (χ4n) is 3.19. The minimum Gasteiger partial charge on any atom is -0.457 e. The second-order valence-corrected chi connectivity index (χ2v) is 8.10. The van der Waals surface area contributed by atoms with E-state index in [4.69, 9.17) is 4.74 Å². The van der Waals surface area contributed by atoms with E-state index in [1.165, 1.54) is 24.3 Å². The minimum absolute atomic E-state index is 0.00755. The summed E-state index contributed by atoms with van der Waals surface area (Å²) < 4.78 is 99.4. The van der Waals surface area contributed by atoms with Crippen LogP contribution in [0, 0.1) is 0 Å². The number of hydrogen-bond donors (Lipinski definition) is 1. The average molecular weight is 552 g/mol. The number of alkyl halides is 8. The van der Waals surface area contributed by atoms with E-state index in [0.29, 0.717) is 5.75 Å². The van der Waals surface area contributed by atoms with Gasteiger partial charge in [-0.05, 0) is 47.5 Å². The molecule has 0 spiro atoms. The monoisotopic (exact) mass is 551 g/mol. The molecular formula is C26H25ClF7NO2. The van der Waals surface area contributed by atoms with Gasteiger partial charge in [-0.2, -0.15) is 30.7 Å². The molecule has 202 valence electrons. The molecule has 0 amide bonds. The number of nitrogens with zero attached hydrogens (tertiary/aromatic N) is 1. The molecule has 1 N–H and O–H groups in total. The minimum atomic E-state index is -4.95. The SMILES string of the molecule is CC.O[C@H](CN(Cc1cccc(C(F)(F)C(F)(F)Cl)c1)c1cccc(Oc2ccccc2)c1)C(F)(F)F. The maximum Gasteiger partial charge on any atom is 0.416 e. The van der Waals surface area contributed by atoms with Gasteiger partial charge in [-0.1, -0.05) is 56.3 Å². The van der Waals surface area contributed by atoms with Crippen LogP contribution >= 0.6 is 11.6 Å². The molecule has 0 aromatic heterocycles. The van der Waals surface area contributed by atoms with Crippen LogP contribution in [0.4, 0.5) is 36.4 Å². The van der Waals surface area contributed by atoms with Gasteiger partial charge in [0, 0.05) is 23.9 Å². The van der Waals surface area contributed by atoms with Crippen molar-refractivity contribution in [2.45, 2.75) is 44.0 Å². The number of benzene rings is 3. The normalized spacial score (nSPS) is 12.8. The lowest BCUT2D eigenvalue weighted by Gasteiger charge is -2.29. The highest BCUT2D eigenvalue weighted by Crippen LogP contribution is 2.45. The van der Waals surface area contributed by atoms with Gasteiger partial charge in [-0.3, -0.25) is 0 Å². The highest BCUT2D eigenvalue weighted by atomic mass is 35.5. The lowest BCUT2D eigenvalue weighted by atomic mass is 10.0.